The SMILES string of the molecule is CC.CCCc1c(CC)nc(C)c(C)c1OCC. The Morgan fingerprint density at radius 1 is 1.06 bits per heavy atom. The normalized spacial score (nSPS) is 9.72. The van der Waals surface area contributed by atoms with Crippen LogP contribution in [0.25, 0.3) is 0 Å². The average Bonchev–Trinajstić information content (AvgIpc) is 2.40. The van der Waals surface area contributed by atoms with Crippen LogP contribution in [0.1, 0.15) is 63.6 Å². The molecule has 104 valence electrons. The van der Waals surface area contributed by atoms with Crippen LogP contribution in [0, 0.1) is 13.8 Å². The number of ether oxygens (including phenoxy) is 1. The van der Waals surface area contributed by atoms with Crippen molar-refractivity contribution >= 4 is 0 Å². The third-order valence-corrected chi connectivity index (χ3v) is 2.93. The molecule has 0 aromatic carbocycles. The van der Waals surface area contributed by atoms with Crippen molar-refractivity contribution in [3.8, 4) is 5.75 Å². The maximum atomic E-state index is 5.80. The molecule has 0 aliphatic rings. The number of hydrogen-bond donors (Lipinski definition) is 0. The van der Waals surface area contributed by atoms with E-state index in [2.05, 4.69) is 32.7 Å². The molecule has 0 N–H and O–H groups in total. The lowest BCUT2D eigenvalue weighted by molar-refractivity contribution is 0.332. The summed E-state index contributed by atoms with van der Waals surface area (Å²) in [5.41, 5.74) is 4.81. The summed E-state index contributed by atoms with van der Waals surface area (Å²) in [6.45, 7) is 15.3. The van der Waals surface area contributed by atoms with Gasteiger partial charge in [0.05, 0.1) is 6.61 Å². The fraction of sp³-hybridized carbons (Fsp3) is 0.688. The Labute approximate surface area is 113 Å². The van der Waals surface area contributed by atoms with E-state index in [1.807, 2.05) is 20.8 Å². The first-order chi connectivity index (χ1) is 8.65. The topological polar surface area (TPSA) is 22.1 Å². The molecule has 0 saturated carbocycles. The Bertz CT molecular complexity index is 359. The van der Waals surface area contributed by atoms with Crippen LogP contribution < -0.4 is 4.74 Å². The first kappa shape index (κ1) is 16.9. The lowest BCUT2D eigenvalue weighted by Gasteiger charge is -2.17. The van der Waals surface area contributed by atoms with Gasteiger partial charge in [-0.2, -0.15) is 0 Å². The Hall–Kier alpha value is -1.05. The van der Waals surface area contributed by atoms with Gasteiger partial charge in [-0.1, -0.05) is 34.1 Å². The molecule has 1 heterocycles. The van der Waals surface area contributed by atoms with E-state index in [-0.39, 0.29) is 0 Å². The first-order valence-electron chi connectivity index (χ1n) is 7.27. The molecule has 0 saturated heterocycles. The summed E-state index contributed by atoms with van der Waals surface area (Å²) in [6.07, 6.45) is 3.18. The van der Waals surface area contributed by atoms with Crippen molar-refractivity contribution in [1.82, 2.24) is 4.98 Å². The molecule has 2 nitrogen and oxygen atoms in total. The summed E-state index contributed by atoms with van der Waals surface area (Å²) in [5, 5.41) is 0. The molecule has 1 aromatic heterocycles. The molecule has 18 heavy (non-hydrogen) atoms. The predicted molar refractivity (Wildman–Crippen MR) is 79.6 cm³/mol. The van der Waals surface area contributed by atoms with E-state index >= 15 is 0 Å². The highest BCUT2D eigenvalue weighted by atomic mass is 16.5. The maximum absolute atomic E-state index is 5.80. The lowest BCUT2D eigenvalue weighted by atomic mass is 10.0. The van der Waals surface area contributed by atoms with Crippen LogP contribution in [0.15, 0.2) is 0 Å². The zero-order chi connectivity index (χ0) is 14.1. The molecule has 1 rings (SSSR count). The van der Waals surface area contributed by atoms with Crippen LogP contribution in [-0.4, -0.2) is 11.6 Å². The molecule has 0 aliphatic carbocycles. The fourth-order valence-electron chi connectivity index (χ4n) is 2.02. The van der Waals surface area contributed by atoms with E-state index < -0.39 is 0 Å². The van der Waals surface area contributed by atoms with Crippen LogP contribution in [0.5, 0.6) is 5.75 Å². The quantitative estimate of drug-likeness (QED) is 0.760. The Morgan fingerprint density at radius 2 is 1.67 bits per heavy atom. The van der Waals surface area contributed by atoms with Crippen molar-refractivity contribution in [3.63, 3.8) is 0 Å². The molecule has 2 heteroatoms. The van der Waals surface area contributed by atoms with Gasteiger partial charge in [-0.3, -0.25) is 4.98 Å². The lowest BCUT2D eigenvalue weighted by Crippen LogP contribution is -2.07. The molecule has 1 aromatic rings. The molecular formula is C16H29NO. The van der Waals surface area contributed by atoms with Crippen LogP contribution in [0.3, 0.4) is 0 Å². The van der Waals surface area contributed by atoms with E-state index in [1.165, 1.54) is 16.8 Å². The minimum atomic E-state index is 0.726. The van der Waals surface area contributed by atoms with Crippen molar-refractivity contribution in [3.05, 3.63) is 22.5 Å². The van der Waals surface area contributed by atoms with Crippen molar-refractivity contribution < 1.29 is 4.74 Å². The van der Waals surface area contributed by atoms with E-state index in [0.29, 0.717) is 0 Å². The first-order valence-corrected chi connectivity index (χ1v) is 7.27. The summed E-state index contributed by atoms with van der Waals surface area (Å²) in [5.74, 6) is 1.08. The zero-order valence-electron chi connectivity index (χ0n) is 13.2. The summed E-state index contributed by atoms with van der Waals surface area (Å²) in [7, 11) is 0. The summed E-state index contributed by atoms with van der Waals surface area (Å²) in [6, 6.07) is 0. The summed E-state index contributed by atoms with van der Waals surface area (Å²) >= 11 is 0. The van der Waals surface area contributed by atoms with Gasteiger partial charge >= 0.3 is 0 Å². The van der Waals surface area contributed by atoms with Crippen LogP contribution in [-0.2, 0) is 12.8 Å². The molecule has 0 spiro atoms. The van der Waals surface area contributed by atoms with E-state index in [1.54, 1.807) is 0 Å². The number of rotatable bonds is 5. The Balaban J connectivity index is 0.00000137. The van der Waals surface area contributed by atoms with Gasteiger partial charge in [0.15, 0.2) is 0 Å². The molecule has 0 fully saturated rings. The second-order valence-corrected chi connectivity index (χ2v) is 4.11. The second kappa shape index (κ2) is 8.96. The highest BCUT2D eigenvalue weighted by Crippen LogP contribution is 2.29. The standard InChI is InChI=1S/C14H23NO.C2H6/c1-6-9-12-13(7-2)15-11(5)10(4)14(12)16-8-3;1-2/h6-9H2,1-5H3;1-2H3. The Morgan fingerprint density at radius 3 is 2.11 bits per heavy atom. The van der Waals surface area contributed by atoms with Gasteiger partial charge in [-0.15, -0.1) is 0 Å². The van der Waals surface area contributed by atoms with Crippen molar-refractivity contribution in [2.45, 2.75) is 67.7 Å². The van der Waals surface area contributed by atoms with Gasteiger partial charge in [0.2, 0.25) is 0 Å². The predicted octanol–water partition coefficient (Wildman–Crippen LogP) is 4.64. The maximum Gasteiger partial charge on any atom is 0.128 e. The van der Waals surface area contributed by atoms with E-state index in [4.69, 9.17) is 4.74 Å². The number of pyridine rings is 1. The van der Waals surface area contributed by atoms with Gasteiger partial charge in [0, 0.05) is 22.5 Å². The third kappa shape index (κ3) is 4.01. The van der Waals surface area contributed by atoms with E-state index in [9.17, 15) is 0 Å². The monoisotopic (exact) mass is 251 g/mol. The van der Waals surface area contributed by atoms with Gasteiger partial charge in [0.1, 0.15) is 5.75 Å². The smallest absolute Gasteiger partial charge is 0.128 e. The molecule has 0 unspecified atom stereocenters. The van der Waals surface area contributed by atoms with Crippen LogP contribution >= 0.6 is 0 Å². The molecule has 0 radical (unpaired) electrons. The molecular weight excluding hydrogens is 222 g/mol. The van der Waals surface area contributed by atoms with Crippen molar-refractivity contribution in [2.24, 2.45) is 0 Å². The summed E-state index contributed by atoms with van der Waals surface area (Å²) < 4.78 is 5.80. The number of aromatic nitrogens is 1. The molecule has 0 bridgehead atoms. The minimum Gasteiger partial charge on any atom is -0.493 e. The highest BCUT2D eigenvalue weighted by Gasteiger charge is 2.14. The fourth-order valence-corrected chi connectivity index (χ4v) is 2.02. The second-order valence-electron chi connectivity index (χ2n) is 4.11. The number of nitrogens with zero attached hydrogens (tertiary/aromatic N) is 1. The zero-order valence-corrected chi connectivity index (χ0v) is 13.2. The molecule has 0 amide bonds. The molecule has 0 aliphatic heterocycles. The van der Waals surface area contributed by atoms with Crippen molar-refractivity contribution in [1.29, 1.82) is 0 Å². The number of hydrogen-bond acceptors (Lipinski definition) is 2. The minimum absolute atomic E-state index is 0.726. The summed E-state index contributed by atoms with van der Waals surface area (Å²) in [4.78, 5) is 4.67. The van der Waals surface area contributed by atoms with Gasteiger partial charge < -0.3 is 4.74 Å². The highest BCUT2D eigenvalue weighted by molar-refractivity contribution is 5.45. The van der Waals surface area contributed by atoms with Gasteiger partial charge in [0.25, 0.3) is 0 Å². The largest absolute Gasteiger partial charge is 0.493 e. The number of aryl methyl sites for hydroxylation is 2. The third-order valence-electron chi connectivity index (χ3n) is 2.93. The van der Waals surface area contributed by atoms with Crippen LogP contribution in [0.2, 0.25) is 0 Å². The Kier molecular flexibility index (Phi) is 8.43. The van der Waals surface area contributed by atoms with E-state index in [0.717, 1.165) is 37.3 Å². The van der Waals surface area contributed by atoms with Gasteiger partial charge in [-0.25, -0.2) is 0 Å². The van der Waals surface area contributed by atoms with Gasteiger partial charge in [-0.05, 0) is 33.6 Å². The molecule has 0 atom stereocenters. The van der Waals surface area contributed by atoms with Crippen LogP contribution in [0.4, 0.5) is 0 Å². The van der Waals surface area contributed by atoms with Crippen molar-refractivity contribution in [2.75, 3.05) is 6.61 Å². The average molecular weight is 251 g/mol.